The van der Waals surface area contributed by atoms with E-state index in [2.05, 4.69) is 35.8 Å². The van der Waals surface area contributed by atoms with Crippen LogP contribution in [0.4, 0.5) is 5.82 Å². The third-order valence-corrected chi connectivity index (χ3v) is 7.23. The minimum Gasteiger partial charge on any atom is -0.497 e. The van der Waals surface area contributed by atoms with Crippen molar-refractivity contribution in [3.8, 4) is 17.0 Å². The van der Waals surface area contributed by atoms with Crippen molar-refractivity contribution in [2.75, 3.05) is 24.4 Å². The molecule has 1 aliphatic carbocycles. The SMILES string of the molecule is COc1ccc(C2(C(=O)Nc3cccc(-c4ccc(CCSC)cc4)n3)CCCCC2)cc1.O.O. The maximum absolute atomic E-state index is 13.7. The van der Waals surface area contributed by atoms with Crippen molar-refractivity contribution in [2.45, 2.75) is 43.9 Å². The number of carbonyl (C=O) groups excluding carboxylic acids is 1. The first-order valence-corrected chi connectivity index (χ1v) is 13.1. The summed E-state index contributed by atoms with van der Waals surface area (Å²) in [6, 6.07) is 22.3. The number of amides is 1. The molecule has 7 heteroatoms. The third-order valence-electron chi connectivity index (χ3n) is 6.62. The number of hydrogen-bond acceptors (Lipinski definition) is 4. The van der Waals surface area contributed by atoms with Crippen LogP contribution in [0.3, 0.4) is 0 Å². The van der Waals surface area contributed by atoms with E-state index >= 15 is 0 Å². The summed E-state index contributed by atoms with van der Waals surface area (Å²) in [5, 5.41) is 3.14. The minimum atomic E-state index is -0.527. The molecule has 188 valence electrons. The van der Waals surface area contributed by atoms with E-state index in [0.29, 0.717) is 5.82 Å². The molecule has 0 radical (unpaired) electrons. The van der Waals surface area contributed by atoms with Crippen LogP contribution in [0.5, 0.6) is 5.75 Å². The molecule has 35 heavy (non-hydrogen) atoms. The first kappa shape index (κ1) is 28.4. The number of anilines is 1. The first-order chi connectivity index (χ1) is 16.1. The average Bonchev–Trinajstić information content (AvgIpc) is 2.88. The molecule has 3 aromatic rings. The number of aryl methyl sites for hydroxylation is 1. The van der Waals surface area contributed by atoms with Crippen LogP contribution in [0.15, 0.2) is 66.7 Å². The largest absolute Gasteiger partial charge is 0.497 e. The molecule has 1 aliphatic rings. The van der Waals surface area contributed by atoms with Crippen LogP contribution < -0.4 is 10.1 Å². The fraction of sp³-hybridized carbons (Fsp3) is 0.357. The molecular formula is C28H36N2O4S. The number of carbonyl (C=O) groups is 1. The molecule has 0 aliphatic heterocycles. The molecule has 1 fully saturated rings. The van der Waals surface area contributed by atoms with E-state index in [1.165, 1.54) is 12.0 Å². The van der Waals surface area contributed by atoms with Gasteiger partial charge in [0.05, 0.1) is 18.2 Å². The van der Waals surface area contributed by atoms with Gasteiger partial charge in [-0.25, -0.2) is 4.98 Å². The summed E-state index contributed by atoms with van der Waals surface area (Å²) >= 11 is 1.86. The zero-order valence-corrected chi connectivity index (χ0v) is 21.3. The smallest absolute Gasteiger partial charge is 0.236 e. The van der Waals surface area contributed by atoms with E-state index in [4.69, 9.17) is 9.72 Å². The van der Waals surface area contributed by atoms with E-state index in [1.807, 2.05) is 54.2 Å². The number of ether oxygens (including phenoxy) is 1. The van der Waals surface area contributed by atoms with Gasteiger partial charge in [0.1, 0.15) is 11.6 Å². The highest BCUT2D eigenvalue weighted by molar-refractivity contribution is 7.98. The van der Waals surface area contributed by atoms with E-state index in [9.17, 15) is 4.79 Å². The van der Waals surface area contributed by atoms with Gasteiger partial charge in [-0.15, -0.1) is 0 Å². The van der Waals surface area contributed by atoms with Crippen molar-refractivity contribution >= 4 is 23.5 Å². The number of nitrogens with one attached hydrogen (secondary N) is 1. The highest BCUT2D eigenvalue weighted by Crippen LogP contribution is 2.41. The van der Waals surface area contributed by atoms with Crippen LogP contribution in [0.2, 0.25) is 0 Å². The maximum Gasteiger partial charge on any atom is 0.236 e. The Hall–Kier alpha value is -2.87. The van der Waals surface area contributed by atoms with Gasteiger partial charge in [0.15, 0.2) is 0 Å². The summed E-state index contributed by atoms with van der Waals surface area (Å²) in [6.07, 6.45) is 8.17. The predicted molar refractivity (Wildman–Crippen MR) is 145 cm³/mol. The Morgan fingerprint density at radius 2 is 1.66 bits per heavy atom. The van der Waals surface area contributed by atoms with Gasteiger partial charge in [0, 0.05) is 5.56 Å². The van der Waals surface area contributed by atoms with Gasteiger partial charge in [-0.3, -0.25) is 4.79 Å². The van der Waals surface area contributed by atoms with Gasteiger partial charge >= 0.3 is 0 Å². The Labute approximate surface area is 212 Å². The molecule has 1 aromatic heterocycles. The molecule has 2 aromatic carbocycles. The number of rotatable bonds is 8. The second kappa shape index (κ2) is 13.3. The summed E-state index contributed by atoms with van der Waals surface area (Å²) in [5.41, 5.74) is 3.78. The zero-order chi connectivity index (χ0) is 23.1. The summed E-state index contributed by atoms with van der Waals surface area (Å²) in [6.45, 7) is 0. The highest BCUT2D eigenvalue weighted by Gasteiger charge is 2.41. The molecule has 0 bridgehead atoms. The molecule has 6 nitrogen and oxygen atoms in total. The lowest BCUT2D eigenvalue weighted by atomic mass is 9.68. The first-order valence-electron chi connectivity index (χ1n) is 11.7. The van der Waals surface area contributed by atoms with Crippen molar-refractivity contribution in [3.63, 3.8) is 0 Å². The van der Waals surface area contributed by atoms with Crippen molar-refractivity contribution in [3.05, 3.63) is 77.9 Å². The van der Waals surface area contributed by atoms with Crippen LogP contribution in [-0.2, 0) is 16.6 Å². The quantitative estimate of drug-likeness (QED) is 0.480. The number of hydrogen-bond donors (Lipinski definition) is 1. The lowest BCUT2D eigenvalue weighted by molar-refractivity contribution is -0.122. The summed E-state index contributed by atoms with van der Waals surface area (Å²) < 4.78 is 5.32. The van der Waals surface area contributed by atoms with Gasteiger partial charge in [0.2, 0.25) is 5.91 Å². The van der Waals surface area contributed by atoms with Gasteiger partial charge in [-0.2, -0.15) is 11.8 Å². The number of benzene rings is 2. The van der Waals surface area contributed by atoms with Crippen molar-refractivity contribution < 1.29 is 20.5 Å². The molecule has 1 heterocycles. The van der Waals surface area contributed by atoms with Crippen LogP contribution in [0.25, 0.3) is 11.3 Å². The van der Waals surface area contributed by atoms with Gasteiger partial charge in [-0.1, -0.05) is 61.7 Å². The van der Waals surface area contributed by atoms with Gasteiger partial charge < -0.3 is 21.0 Å². The number of thioether (sulfide) groups is 1. The molecular weight excluding hydrogens is 460 g/mol. The third kappa shape index (κ3) is 6.63. The fourth-order valence-corrected chi connectivity index (χ4v) is 5.12. The Balaban J connectivity index is 0.00000216. The maximum atomic E-state index is 13.7. The standard InChI is InChI=1S/C28H32N2O2S.2H2O/c1-32-24-15-13-23(14-16-24)28(18-4-3-5-19-28)27(31)30-26-8-6-7-25(29-26)22-11-9-21(10-12-22)17-20-33-2;;/h6-16H,3-5,17-20H2,1-2H3,(H,29,30,31);2*1H2. The topological polar surface area (TPSA) is 114 Å². The van der Waals surface area contributed by atoms with E-state index in [0.717, 1.165) is 60.4 Å². The lowest BCUT2D eigenvalue weighted by Gasteiger charge is -2.36. The second-order valence-corrected chi connectivity index (χ2v) is 9.66. The molecule has 0 spiro atoms. The Morgan fingerprint density at radius 3 is 2.29 bits per heavy atom. The molecule has 0 saturated heterocycles. The van der Waals surface area contributed by atoms with Crippen molar-refractivity contribution in [2.24, 2.45) is 0 Å². The van der Waals surface area contributed by atoms with Crippen LogP contribution in [0.1, 0.15) is 43.2 Å². The number of pyridine rings is 1. The van der Waals surface area contributed by atoms with Crippen LogP contribution in [-0.4, -0.2) is 41.0 Å². The van der Waals surface area contributed by atoms with Crippen LogP contribution in [0, 0.1) is 0 Å². The van der Waals surface area contributed by atoms with E-state index in [1.54, 1.807) is 7.11 Å². The molecule has 0 atom stereocenters. The van der Waals surface area contributed by atoms with Crippen LogP contribution >= 0.6 is 11.8 Å². The number of aromatic nitrogens is 1. The summed E-state index contributed by atoms with van der Waals surface area (Å²) in [5.74, 6) is 2.56. The minimum absolute atomic E-state index is 0. The lowest BCUT2D eigenvalue weighted by Crippen LogP contribution is -2.42. The Bertz CT molecular complexity index is 1070. The Kier molecular flexibility index (Phi) is 10.8. The normalized spacial score (nSPS) is 14.2. The van der Waals surface area contributed by atoms with Gasteiger partial charge in [0.25, 0.3) is 0 Å². The van der Waals surface area contributed by atoms with Crippen molar-refractivity contribution in [1.82, 2.24) is 4.98 Å². The second-order valence-electron chi connectivity index (χ2n) is 8.67. The van der Waals surface area contributed by atoms with E-state index in [-0.39, 0.29) is 16.9 Å². The fourth-order valence-electron chi connectivity index (χ4n) is 4.68. The number of methoxy groups -OCH3 is 1. The molecule has 0 unspecified atom stereocenters. The molecule has 4 rings (SSSR count). The van der Waals surface area contributed by atoms with E-state index < -0.39 is 5.41 Å². The monoisotopic (exact) mass is 496 g/mol. The average molecular weight is 497 g/mol. The Morgan fingerprint density at radius 1 is 0.971 bits per heavy atom. The zero-order valence-electron chi connectivity index (χ0n) is 20.5. The van der Waals surface area contributed by atoms with Crippen molar-refractivity contribution in [1.29, 1.82) is 0 Å². The highest BCUT2D eigenvalue weighted by atomic mass is 32.2. The predicted octanol–water partition coefficient (Wildman–Crippen LogP) is 4.85. The van der Waals surface area contributed by atoms with Gasteiger partial charge in [-0.05, 0) is 66.7 Å². The number of nitrogens with zero attached hydrogens (tertiary/aromatic N) is 1. The molecule has 1 amide bonds. The molecule has 1 saturated carbocycles. The summed E-state index contributed by atoms with van der Waals surface area (Å²) in [7, 11) is 1.66. The summed E-state index contributed by atoms with van der Waals surface area (Å²) in [4.78, 5) is 18.4. The molecule has 5 N–H and O–H groups in total.